The van der Waals surface area contributed by atoms with Crippen LogP contribution in [0.4, 0.5) is 10.8 Å². The number of hydrogen-bond donors (Lipinski definition) is 1. The molecule has 4 nitrogen and oxygen atoms in total. The smallest absolute Gasteiger partial charge is 0.263 e. The van der Waals surface area contributed by atoms with Gasteiger partial charge in [0.15, 0.2) is 5.13 Å². The van der Waals surface area contributed by atoms with Crippen LogP contribution in [0.5, 0.6) is 0 Å². The minimum atomic E-state index is -0.0147. The number of rotatable bonds is 6. The number of anilines is 2. The summed E-state index contributed by atoms with van der Waals surface area (Å²) in [5.41, 5.74) is 3.33. The molecule has 132 valence electrons. The number of para-hydroxylation sites is 1. The number of nitrogens with one attached hydrogen (secondary N) is 1. The van der Waals surface area contributed by atoms with Gasteiger partial charge < -0.3 is 10.2 Å². The maximum atomic E-state index is 12.5. The molecule has 0 saturated heterocycles. The van der Waals surface area contributed by atoms with Gasteiger partial charge in [0, 0.05) is 19.3 Å². The lowest BCUT2D eigenvalue weighted by atomic mass is 9.97. The van der Waals surface area contributed by atoms with E-state index < -0.39 is 0 Å². The van der Waals surface area contributed by atoms with E-state index in [2.05, 4.69) is 16.4 Å². The molecule has 1 heterocycles. The van der Waals surface area contributed by atoms with Gasteiger partial charge in [-0.25, -0.2) is 4.98 Å². The molecule has 1 aromatic carbocycles. The molecule has 0 fully saturated rings. The van der Waals surface area contributed by atoms with Crippen molar-refractivity contribution >= 4 is 28.1 Å². The van der Waals surface area contributed by atoms with Crippen molar-refractivity contribution in [2.75, 3.05) is 18.5 Å². The first-order valence-electron chi connectivity index (χ1n) is 8.87. The number of amides is 1. The van der Waals surface area contributed by atoms with E-state index in [4.69, 9.17) is 0 Å². The van der Waals surface area contributed by atoms with Crippen LogP contribution < -0.4 is 10.2 Å². The number of benzene rings is 1. The highest BCUT2D eigenvalue weighted by Crippen LogP contribution is 2.30. The topological polar surface area (TPSA) is 45.2 Å². The van der Waals surface area contributed by atoms with E-state index in [1.807, 2.05) is 49.2 Å². The number of nitrogens with zero attached hydrogens (tertiary/aromatic N) is 2. The van der Waals surface area contributed by atoms with Gasteiger partial charge >= 0.3 is 0 Å². The van der Waals surface area contributed by atoms with Crippen molar-refractivity contribution in [3.05, 3.63) is 52.6 Å². The molecule has 1 amide bonds. The average molecular weight is 356 g/mol. The third-order valence-corrected chi connectivity index (χ3v) is 5.77. The van der Waals surface area contributed by atoms with Crippen LogP contribution in [0, 0.1) is 6.92 Å². The zero-order valence-corrected chi connectivity index (χ0v) is 15.7. The molecule has 0 saturated carbocycles. The molecule has 5 heteroatoms. The van der Waals surface area contributed by atoms with Crippen LogP contribution in [0.15, 0.2) is 42.0 Å². The summed E-state index contributed by atoms with van der Waals surface area (Å²) in [6.45, 7) is 2.60. The molecule has 0 unspecified atom stereocenters. The normalized spacial score (nSPS) is 14.1. The van der Waals surface area contributed by atoms with Crippen molar-refractivity contribution < 1.29 is 4.79 Å². The van der Waals surface area contributed by atoms with Crippen LogP contribution in [-0.4, -0.2) is 24.5 Å². The lowest BCUT2D eigenvalue weighted by molar-refractivity contribution is 0.0957. The molecule has 0 atom stereocenters. The van der Waals surface area contributed by atoms with Crippen molar-refractivity contribution in [2.45, 2.75) is 39.0 Å². The van der Waals surface area contributed by atoms with Gasteiger partial charge in [0.1, 0.15) is 4.88 Å². The first-order chi connectivity index (χ1) is 12.1. The summed E-state index contributed by atoms with van der Waals surface area (Å²) < 4.78 is 0. The van der Waals surface area contributed by atoms with E-state index in [1.54, 1.807) is 0 Å². The fraction of sp³-hybridized carbons (Fsp3) is 0.400. The highest BCUT2D eigenvalue weighted by molar-refractivity contribution is 7.17. The van der Waals surface area contributed by atoms with Crippen molar-refractivity contribution in [2.24, 2.45) is 0 Å². The molecule has 0 spiro atoms. The van der Waals surface area contributed by atoms with Gasteiger partial charge in [-0.15, -0.1) is 0 Å². The van der Waals surface area contributed by atoms with Gasteiger partial charge in [-0.1, -0.05) is 41.2 Å². The van der Waals surface area contributed by atoms with Gasteiger partial charge in [0.05, 0.1) is 5.69 Å². The monoisotopic (exact) mass is 355 g/mol. The fourth-order valence-corrected chi connectivity index (χ4v) is 4.01. The first kappa shape index (κ1) is 17.7. The predicted molar refractivity (Wildman–Crippen MR) is 105 cm³/mol. The second kappa shape index (κ2) is 8.30. The maximum Gasteiger partial charge on any atom is 0.263 e. The Kier molecular flexibility index (Phi) is 5.87. The van der Waals surface area contributed by atoms with Crippen LogP contribution >= 0.6 is 11.3 Å². The Bertz CT molecular complexity index is 752. The molecule has 1 aromatic heterocycles. The number of allylic oxidation sites excluding steroid dienone is 1. The predicted octanol–water partition coefficient (Wildman–Crippen LogP) is 4.84. The summed E-state index contributed by atoms with van der Waals surface area (Å²) in [4.78, 5) is 19.8. The quantitative estimate of drug-likeness (QED) is 0.754. The molecule has 1 aliphatic carbocycles. The molecule has 0 aliphatic heterocycles. The summed E-state index contributed by atoms with van der Waals surface area (Å²) in [5, 5.41) is 3.89. The summed E-state index contributed by atoms with van der Waals surface area (Å²) in [6, 6.07) is 10.1. The Morgan fingerprint density at radius 1 is 1.28 bits per heavy atom. The second-order valence-corrected chi connectivity index (χ2v) is 7.40. The van der Waals surface area contributed by atoms with E-state index in [1.165, 1.54) is 42.6 Å². The highest BCUT2D eigenvalue weighted by atomic mass is 32.1. The molecule has 1 N–H and O–H groups in total. The van der Waals surface area contributed by atoms with Gasteiger partial charge in [0.2, 0.25) is 0 Å². The lowest BCUT2D eigenvalue weighted by Crippen LogP contribution is -2.24. The zero-order valence-electron chi connectivity index (χ0n) is 14.9. The SMILES string of the molecule is Cc1nc(N(C)c2ccccc2)sc1C(=O)NCCC1=CCCCC1. The standard InChI is InChI=1S/C20H25N3OS/c1-15-18(19(24)21-14-13-16-9-5-3-6-10-16)25-20(22-15)23(2)17-11-7-4-8-12-17/h4,7-9,11-12H,3,5-6,10,13-14H2,1-2H3,(H,21,24). The van der Waals surface area contributed by atoms with Gasteiger partial charge in [-0.3, -0.25) is 4.79 Å². The third-order valence-electron chi connectivity index (χ3n) is 4.54. The van der Waals surface area contributed by atoms with Gasteiger partial charge in [-0.2, -0.15) is 0 Å². The largest absolute Gasteiger partial charge is 0.351 e. The number of aryl methyl sites for hydroxylation is 1. The van der Waals surface area contributed by atoms with Crippen molar-refractivity contribution in [3.63, 3.8) is 0 Å². The molecule has 2 aromatic rings. The third kappa shape index (κ3) is 4.48. The van der Waals surface area contributed by atoms with E-state index >= 15 is 0 Å². The number of hydrogen-bond acceptors (Lipinski definition) is 4. The van der Waals surface area contributed by atoms with Crippen LogP contribution in [0.2, 0.25) is 0 Å². The number of carbonyl (C=O) groups excluding carboxylic acids is 1. The Labute approximate surface area is 153 Å². The molecule has 0 bridgehead atoms. The minimum Gasteiger partial charge on any atom is -0.351 e. The van der Waals surface area contributed by atoms with Crippen molar-refractivity contribution in [3.8, 4) is 0 Å². The maximum absolute atomic E-state index is 12.5. The minimum absolute atomic E-state index is 0.0147. The molecule has 1 aliphatic rings. The molecule has 0 radical (unpaired) electrons. The summed E-state index contributed by atoms with van der Waals surface area (Å²) in [6.07, 6.45) is 8.24. The van der Waals surface area contributed by atoms with E-state index in [0.29, 0.717) is 11.4 Å². The summed E-state index contributed by atoms with van der Waals surface area (Å²) >= 11 is 1.44. The Balaban J connectivity index is 1.61. The van der Waals surface area contributed by atoms with Gasteiger partial charge in [-0.05, 0) is 51.2 Å². The van der Waals surface area contributed by atoms with Crippen LogP contribution in [0.25, 0.3) is 0 Å². The van der Waals surface area contributed by atoms with Crippen LogP contribution in [0.3, 0.4) is 0 Å². The van der Waals surface area contributed by atoms with E-state index in [9.17, 15) is 4.79 Å². The Morgan fingerprint density at radius 2 is 2.08 bits per heavy atom. The number of carbonyl (C=O) groups is 1. The molecule has 25 heavy (non-hydrogen) atoms. The van der Waals surface area contributed by atoms with Crippen molar-refractivity contribution in [1.29, 1.82) is 0 Å². The fourth-order valence-electron chi connectivity index (χ4n) is 3.05. The molecule has 3 rings (SSSR count). The number of aromatic nitrogens is 1. The van der Waals surface area contributed by atoms with Gasteiger partial charge in [0.25, 0.3) is 5.91 Å². The summed E-state index contributed by atoms with van der Waals surface area (Å²) in [5.74, 6) is -0.0147. The molecular formula is C20H25N3OS. The van der Waals surface area contributed by atoms with Crippen molar-refractivity contribution in [1.82, 2.24) is 10.3 Å². The van der Waals surface area contributed by atoms with Crippen LogP contribution in [0.1, 0.15) is 47.5 Å². The molecular weight excluding hydrogens is 330 g/mol. The summed E-state index contributed by atoms with van der Waals surface area (Å²) in [7, 11) is 1.98. The Morgan fingerprint density at radius 3 is 2.80 bits per heavy atom. The van der Waals surface area contributed by atoms with Crippen LogP contribution in [-0.2, 0) is 0 Å². The Hall–Kier alpha value is -2.14. The van der Waals surface area contributed by atoms with E-state index in [-0.39, 0.29) is 5.91 Å². The van der Waals surface area contributed by atoms with E-state index in [0.717, 1.165) is 22.9 Å². The average Bonchev–Trinajstić information content (AvgIpc) is 3.04. The first-order valence-corrected chi connectivity index (χ1v) is 9.69. The second-order valence-electron chi connectivity index (χ2n) is 6.42. The zero-order chi connectivity index (χ0) is 17.6. The number of thiazole rings is 1. The lowest BCUT2D eigenvalue weighted by Gasteiger charge is -2.15. The highest BCUT2D eigenvalue weighted by Gasteiger charge is 2.18.